The highest BCUT2D eigenvalue weighted by Gasteiger charge is 2.11. The third kappa shape index (κ3) is 3.07. The summed E-state index contributed by atoms with van der Waals surface area (Å²) in [6.45, 7) is 0. The van der Waals surface area contributed by atoms with E-state index in [1.54, 1.807) is 42.7 Å². The Bertz CT molecular complexity index is 487. The van der Waals surface area contributed by atoms with Crippen LogP contribution in [0.4, 0.5) is 0 Å². The zero-order valence-electron chi connectivity index (χ0n) is 9.74. The first-order valence-electron chi connectivity index (χ1n) is 5.65. The van der Waals surface area contributed by atoms with E-state index in [4.69, 9.17) is 0 Å². The van der Waals surface area contributed by atoms with Crippen LogP contribution in [0.1, 0.15) is 33.7 Å². The highest BCUT2D eigenvalue weighted by Crippen LogP contribution is 2.07. The molecular formula is C14H12N2O2. The lowest BCUT2D eigenvalue weighted by Gasteiger charge is -2.00. The van der Waals surface area contributed by atoms with Crippen LogP contribution >= 0.6 is 0 Å². The summed E-state index contributed by atoms with van der Waals surface area (Å²) < 4.78 is 0. The van der Waals surface area contributed by atoms with Crippen LogP contribution in [0.25, 0.3) is 0 Å². The maximum absolute atomic E-state index is 11.8. The van der Waals surface area contributed by atoms with E-state index in [0.29, 0.717) is 11.3 Å². The normalized spacial score (nSPS) is 10.0. The molecule has 0 spiro atoms. The van der Waals surface area contributed by atoms with Crippen molar-refractivity contribution in [2.75, 3.05) is 0 Å². The number of hydrogen-bond donors (Lipinski definition) is 0. The van der Waals surface area contributed by atoms with E-state index in [0.717, 1.165) is 0 Å². The second-order valence-corrected chi connectivity index (χ2v) is 3.80. The third-order valence-corrected chi connectivity index (χ3v) is 2.51. The van der Waals surface area contributed by atoms with E-state index in [1.165, 1.54) is 6.20 Å². The fourth-order valence-electron chi connectivity index (χ4n) is 1.55. The van der Waals surface area contributed by atoms with Gasteiger partial charge in [0, 0.05) is 37.0 Å². The lowest BCUT2D eigenvalue weighted by molar-refractivity contribution is 0.0915. The number of pyridine rings is 2. The maximum Gasteiger partial charge on any atom is 0.181 e. The Kier molecular flexibility index (Phi) is 3.91. The van der Waals surface area contributed by atoms with Crippen molar-refractivity contribution >= 4 is 11.6 Å². The second-order valence-electron chi connectivity index (χ2n) is 3.80. The summed E-state index contributed by atoms with van der Waals surface area (Å²) in [6, 6.07) is 8.55. The van der Waals surface area contributed by atoms with Gasteiger partial charge in [-0.25, -0.2) is 0 Å². The van der Waals surface area contributed by atoms with Crippen LogP contribution in [0.2, 0.25) is 0 Å². The van der Waals surface area contributed by atoms with E-state index < -0.39 is 0 Å². The lowest BCUT2D eigenvalue weighted by Crippen LogP contribution is -2.06. The zero-order valence-corrected chi connectivity index (χ0v) is 9.74. The van der Waals surface area contributed by atoms with Crippen molar-refractivity contribution < 1.29 is 9.59 Å². The number of carbonyl (C=O) groups excluding carboxylic acids is 2. The molecule has 2 aromatic heterocycles. The molecule has 0 aliphatic carbocycles. The Morgan fingerprint density at radius 2 is 1.78 bits per heavy atom. The van der Waals surface area contributed by atoms with Gasteiger partial charge in [0.25, 0.3) is 0 Å². The number of ketones is 2. The van der Waals surface area contributed by atoms with Crippen LogP contribution in [0, 0.1) is 0 Å². The molecule has 0 fully saturated rings. The molecule has 0 aromatic carbocycles. The fourth-order valence-corrected chi connectivity index (χ4v) is 1.55. The quantitative estimate of drug-likeness (QED) is 0.752. The highest BCUT2D eigenvalue weighted by atomic mass is 16.1. The zero-order chi connectivity index (χ0) is 12.8. The molecule has 0 saturated heterocycles. The molecule has 0 atom stereocenters. The first-order chi connectivity index (χ1) is 8.77. The van der Waals surface area contributed by atoms with Gasteiger partial charge in [-0.05, 0) is 24.3 Å². The smallest absolute Gasteiger partial charge is 0.181 e. The predicted octanol–water partition coefficient (Wildman–Crippen LogP) is 2.32. The van der Waals surface area contributed by atoms with E-state index in [-0.39, 0.29) is 24.4 Å². The molecule has 2 rings (SSSR count). The van der Waals surface area contributed by atoms with Crippen LogP contribution in [-0.4, -0.2) is 21.5 Å². The number of hydrogen-bond acceptors (Lipinski definition) is 4. The minimum atomic E-state index is -0.118. The molecular weight excluding hydrogens is 228 g/mol. The van der Waals surface area contributed by atoms with Gasteiger partial charge in [0.2, 0.25) is 0 Å². The maximum atomic E-state index is 11.8. The molecule has 0 N–H and O–H groups in total. The number of aromatic nitrogens is 2. The fraction of sp³-hybridized carbons (Fsp3) is 0.143. The van der Waals surface area contributed by atoms with Crippen molar-refractivity contribution in [3.8, 4) is 0 Å². The summed E-state index contributed by atoms with van der Waals surface area (Å²) in [4.78, 5) is 31.3. The largest absolute Gasteiger partial charge is 0.294 e. The van der Waals surface area contributed by atoms with Crippen LogP contribution in [0.15, 0.2) is 48.9 Å². The molecule has 4 nitrogen and oxygen atoms in total. The summed E-state index contributed by atoms with van der Waals surface area (Å²) in [5.41, 5.74) is 0.933. The van der Waals surface area contributed by atoms with Crippen LogP contribution in [-0.2, 0) is 0 Å². The van der Waals surface area contributed by atoms with Crippen molar-refractivity contribution in [2.45, 2.75) is 12.8 Å². The van der Waals surface area contributed by atoms with Crippen molar-refractivity contribution in [1.82, 2.24) is 9.97 Å². The lowest BCUT2D eigenvalue weighted by atomic mass is 10.1. The second kappa shape index (κ2) is 5.82. The molecule has 0 saturated carbocycles. The molecule has 0 aliphatic heterocycles. The Balaban J connectivity index is 1.93. The minimum Gasteiger partial charge on any atom is -0.294 e. The van der Waals surface area contributed by atoms with E-state index in [2.05, 4.69) is 9.97 Å². The van der Waals surface area contributed by atoms with E-state index in [1.807, 2.05) is 0 Å². The molecule has 2 heterocycles. The predicted molar refractivity (Wildman–Crippen MR) is 66.4 cm³/mol. The van der Waals surface area contributed by atoms with E-state index >= 15 is 0 Å². The third-order valence-electron chi connectivity index (χ3n) is 2.51. The molecule has 18 heavy (non-hydrogen) atoms. The van der Waals surface area contributed by atoms with Gasteiger partial charge in [-0.3, -0.25) is 19.6 Å². The van der Waals surface area contributed by atoms with Gasteiger partial charge in [-0.15, -0.1) is 0 Å². The van der Waals surface area contributed by atoms with Crippen molar-refractivity contribution in [3.05, 3.63) is 60.2 Å². The van der Waals surface area contributed by atoms with Crippen LogP contribution < -0.4 is 0 Å². The summed E-state index contributed by atoms with van der Waals surface area (Å²) in [5.74, 6) is -0.194. The summed E-state index contributed by atoms with van der Waals surface area (Å²) in [5, 5.41) is 0. The van der Waals surface area contributed by atoms with Crippen molar-refractivity contribution in [1.29, 1.82) is 0 Å². The standard InChI is InChI=1S/C14H12N2O2/c17-13(11-4-3-8-15-10-11)6-7-14(18)12-5-1-2-9-16-12/h1-5,8-10H,6-7H2. The van der Waals surface area contributed by atoms with Gasteiger partial charge in [0.05, 0.1) is 0 Å². The first-order valence-corrected chi connectivity index (χ1v) is 5.65. The van der Waals surface area contributed by atoms with Crippen LogP contribution in [0.5, 0.6) is 0 Å². The van der Waals surface area contributed by atoms with Gasteiger partial charge in [0.15, 0.2) is 11.6 Å². The molecule has 0 bridgehead atoms. The Hall–Kier alpha value is -2.36. The molecule has 0 unspecified atom stereocenters. The van der Waals surface area contributed by atoms with Gasteiger partial charge >= 0.3 is 0 Å². The Morgan fingerprint density at radius 3 is 2.44 bits per heavy atom. The highest BCUT2D eigenvalue weighted by molar-refractivity contribution is 6.01. The number of carbonyl (C=O) groups is 2. The molecule has 0 aliphatic rings. The monoisotopic (exact) mass is 240 g/mol. The van der Waals surface area contributed by atoms with E-state index in [9.17, 15) is 9.59 Å². The SMILES string of the molecule is O=C(CCC(=O)c1ccccn1)c1cccnc1. The Morgan fingerprint density at radius 1 is 0.944 bits per heavy atom. The summed E-state index contributed by atoms with van der Waals surface area (Å²) in [7, 11) is 0. The molecule has 90 valence electrons. The molecule has 4 heteroatoms. The number of rotatable bonds is 5. The number of nitrogens with zero attached hydrogens (tertiary/aromatic N) is 2. The topological polar surface area (TPSA) is 59.9 Å². The van der Waals surface area contributed by atoms with Crippen molar-refractivity contribution in [3.63, 3.8) is 0 Å². The molecule has 0 radical (unpaired) electrons. The average Bonchev–Trinajstić information content (AvgIpc) is 2.46. The van der Waals surface area contributed by atoms with Gasteiger partial charge in [0.1, 0.15) is 5.69 Å². The van der Waals surface area contributed by atoms with Crippen LogP contribution in [0.3, 0.4) is 0 Å². The summed E-state index contributed by atoms with van der Waals surface area (Å²) in [6.07, 6.45) is 5.03. The van der Waals surface area contributed by atoms with Gasteiger partial charge in [-0.1, -0.05) is 6.07 Å². The van der Waals surface area contributed by atoms with Gasteiger partial charge in [-0.2, -0.15) is 0 Å². The minimum absolute atomic E-state index is 0.0765. The molecule has 0 amide bonds. The molecule has 2 aromatic rings. The number of Topliss-reactive ketones (excluding diaryl/α,β-unsaturated/α-hetero) is 2. The first kappa shape index (κ1) is 12.1. The van der Waals surface area contributed by atoms with Crippen molar-refractivity contribution in [2.24, 2.45) is 0 Å². The summed E-state index contributed by atoms with van der Waals surface area (Å²) >= 11 is 0. The van der Waals surface area contributed by atoms with Gasteiger partial charge < -0.3 is 0 Å². The Labute approximate surface area is 105 Å². The average molecular weight is 240 g/mol.